The van der Waals surface area contributed by atoms with E-state index in [1.165, 1.54) is 35.9 Å². The molecule has 0 spiro atoms. The van der Waals surface area contributed by atoms with Crippen LogP contribution in [0.3, 0.4) is 0 Å². The summed E-state index contributed by atoms with van der Waals surface area (Å²) in [6, 6.07) is 5.97. The Morgan fingerprint density at radius 2 is 1.95 bits per heavy atom. The summed E-state index contributed by atoms with van der Waals surface area (Å²) in [6.07, 6.45) is 0. The van der Waals surface area contributed by atoms with E-state index < -0.39 is 0 Å². The van der Waals surface area contributed by atoms with Crippen LogP contribution in [0.5, 0.6) is 0 Å². The Bertz CT molecular complexity index is 464. The topological polar surface area (TPSA) is 46.6 Å². The molecule has 0 aliphatic rings. The Morgan fingerprint density at radius 1 is 1.35 bits per heavy atom. The number of methoxy groups -OCH3 is 1. The summed E-state index contributed by atoms with van der Waals surface area (Å²) in [5, 5.41) is 0. The number of nitrogens with zero attached hydrogens (tertiary/aromatic N) is 1. The van der Waals surface area contributed by atoms with Gasteiger partial charge in [0.15, 0.2) is 0 Å². The molecule has 0 aliphatic heterocycles. The van der Waals surface area contributed by atoms with Crippen LogP contribution in [0.4, 0.5) is 4.39 Å². The molecule has 4 nitrogen and oxygen atoms in total. The van der Waals surface area contributed by atoms with Crippen molar-refractivity contribution in [2.75, 3.05) is 26.5 Å². The maximum atomic E-state index is 12.7. The fourth-order valence-electron chi connectivity index (χ4n) is 1.57. The van der Waals surface area contributed by atoms with E-state index in [9.17, 15) is 14.0 Å². The quantitative estimate of drug-likeness (QED) is 0.597. The highest BCUT2D eigenvalue weighted by Crippen LogP contribution is 2.18. The molecule has 1 amide bonds. The van der Waals surface area contributed by atoms with Gasteiger partial charge in [-0.05, 0) is 24.3 Å². The lowest BCUT2D eigenvalue weighted by Gasteiger charge is -2.20. The third-order valence-corrected chi connectivity index (χ3v) is 3.75. The first kappa shape index (κ1) is 16.5. The standard InChI is InChI=1S/C14H18FNO3S/c1-10(14(18)19-3)8-16(2)13(17)9-20-12-6-4-11(15)5-7-12/h4-7,10H,8-9H2,1-3H3. The van der Waals surface area contributed by atoms with Gasteiger partial charge >= 0.3 is 5.97 Å². The van der Waals surface area contributed by atoms with Crippen molar-refractivity contribution in [3.8, 4) is 0 Å². The minimum absolute atomic E-state index is 0.0879. The minimum Gasteiger partial charge on any atom is -0.469 e. The number of hydrogen-bond donors (Lipinski definition) is 0. The molecule has 1 aromatic carbocycles. The van der Waals surface area contributed by atoms with Crippen molar-refractivity contribution in [1.82, 2.24) is 4.90 Å². The van der Waals surface area contributed by atoms with Crippen molar-refractivity contribution in [2.45, 2.75) is 11.8 Å². The van der Waals surface area contributed by atoms with E-state index in [4.69, 9.17) is 0 Å². The van der Waals surface area contributed by atoms with Gasteiger partial charge in [-0.15, -0.1) is 11.8 Å². The van der Waals surface area contributed by atoms with E-state index in [-0.39, 0.29) is 29.4 Å². The highest BCUT2D eigenvalue weighted by Gasteiger charge is 2.18. The van der Waals surface area contributed by atoms with Crippen molar-refractivity contribution < 1.29 is 18.7 Å². The molecule has 110 valence electrons. The van der Waals surface area contributed by atoms with E-state index in [0.29, 0.717) is 6.54 Å². The van der Waals surface area contributed by atoms with Gasteiger partial charge in [0.2, 0.25) is 5.91 Å². The number of thioether (sulfide) groups is 1. The van der Waals surface area contributed by atoms with Gasteiger partial charge in [-0.25, -0.2) is 4.39 Å². The Kier molecular flexibility index (Phi) is 6.51. The van der Waals surface area contributed by atoms with Gasteiger partial charge in [-0.2, -0.15) is 0 Å². The van der Waals surface area contributed by atoms with Gasteiger partial charge in [-0.3, -0.25) is 9.59 Å². The molecule has 0 fully saturated rings. The molecule has 0 saturated heterocycles. The first-order valence-corrected chi connectivity index (χ1v) is 7.12. The SMILES string of the molecule is COC(=O)C(C)CN(C)C(=O)CSc1ccc(F)cc1. The average molecular weight is 299 g/mol. The molecule has 0 N–H and O–H groups in total. The third-order valence-electron chi connectivity index (χ3n) is 2.75. The van der Waals surface area contributed by atoms with Gasteiger partial charge in [0.25, 0.3) is 0 Å². The zero-order valence-electron chi connectivity index (χ0n) is 11.8. The van der Waals surface area contributed by atoms with Crippen molar-refractivity contribution >= 4 is 23.6 Å². The second-order valence-corrected chi connectivity index (χ2v) is 5.49. The molecule has 1 aromatic rings. The summed E-state index contributed by atoms with van der Waals surface area (Å²) in [7, 11) is 2.97. The summed E-state index contributed by atoms with van der Waals surface area (Å²) >= 11 is 1.33. The summed E-state index contributed by atoms with van der Waals surface area (Å²) in [5.74, 6) is -0.837. The van der Waals surface area contributed by atoms with Crippen molar-refractivity contribution in [1.29, 1.82) is 0 Å². The molecule has 20 heavy (non-hydrogen) atoms. The maximum absolute atomic E-state index is 12.7. The number of esters is 1. The van der Waals surface area contributed by atoms with Gasteiger partial charge in [-0.1, -0.05) is 6.92 Å². The summed E-state index contributed by atoms with van der Waals surface area (Å²) < 4.78 is 17.4. The van der Waals surface area contributed by atoms with Crippen LogP contribution in [-0.4, -0.2) is 43.2 Å². The largest absolute Gasteiger partial charge is 0.469 e. The molecule has 0 radical (unpaired) electrons. The van der Waals surface area contributed by atoms with E-state index in [2.05, 4.69) is 4.74 Å². The molecule has 0 heterocycles. The van der Waals surface area contributed by atoms with Crippen LogP contribution in [0.2, 0.25) is 0 Å². The zero-order chi connectivity index (χ0) is 15.1. The summed E-state index contributed by atoms with van der Waals surface area (Å²) in [6.45, 7) is 2.03. The number of halogens is 1. The molecular formula is C14H18FNO3S. The van der Waals surface area contributed by atoms with Crippen LogP contribution < -0.4 is 0 Å². The number of carbonyl (C=O) groups excluding carboxylic acids is 2. The van der Waals surface area contributed by atoms with Gasteiger partial charge in [0, 0.05) is 18.5 Å². The molecule has 0 bridgehead atoms. The lowest BCUT2D eigenvalue weighted by molar-refractivity contribution is -0.145. The Morgan fingerprint density at radius 3 is 2.50 bits per heavy atom. The number of rotatable bonds is 6. The fraction of sp³-hybridized carbons (Fsp3) is 0.429. The van der Waals surface area contributed by atoms with Crippen molar-refractivity contribution in [2.24, 2.45) is 5.92 Å². The van der Waals surface area contributed by atoms with Gasteiger partial charge < -0.3 is 9.64 Å². The first-order chi connectivity index (χ1) is 9.43. The first-order valence-electron chi connectivity index (χ1n) is 6.14. The summed E-state index contributed by atoms with van der Waals surface area (Å²) in [5.41, 5.74) is 0. The zero-order valence-corrected chi connectivity index (χ0v) is 12.6. The van der Waals surface area contributed by atoms with Crippen molar-refractivity contribution in [3.05, 3.63) is 30.1 Å². The second kappa shape index (κ2) is 7.89. The summed E-state index contributed by atoms with van der Waals surface area (Å²) in [4.78, 5) is 25.5. The van der Waals surface area contributed by atoms with E-state index in [1.807, 2.05) is 0 Å². The Labute approximate surface area is 122 Å². The van der Waals surface area contributed by atoms with Crippen LogP contribution in [0, 0.1) is 11.7 Å². The lowest BCUT2D eigenvalue weighted by atomic mass is 10.2. The molecule has 1 atom stereocenters. The molecule has 1 rings (SSSR count). The van der Waals surface area contributed by atoms with Crippen LogP contribution in [0.1, 0.15) is 6.92 Å². The van der Waals surface area contributed by atoms with Crippen LogP contribution in [-0.2, 0) is 14.3 Å². The molecule has 0 aliphatic carbocycles. The minimum atomic E-state index is -0.357. The monoisotopic (exact) mass is 299 g/mol. The molecule has 6 heteroatoms. The predicted molar refractivity (Wildman–Crippen MR) is 75.9 cm³/mol. The van der Waals surface area contributed by atoms with Crippen LogP contribution >= 0.6 is 11.8 Å². The normalized spacial score (nSPS) is 11.8. The van der Waals surface area contributed by atoms with E-state index in [0.717, 1.165) is 4.90 Å². The third kappa shape index (κ3) is 5.21. The molecule has 0 saturated carbocycles. The van der Waals surface area contributed by atoms with Crippen LogP contribution in [0.15, 0.2) is 29.2 Å². The number of ether oxygens (including phenoxy) is 1. The average Bonchev–Trinajstić information content (AvgIpc) is 2.45. The fourth-order valence-corrected chi connectivity index (χ4v) is 2.41. The van der Waals surface area contributed by atoms with Gasteiger partial charge in [0.05, 0.1) is 18.8 Å². The van der Waals surface area contributed by atoms with Crippen molar-refractivity contribution in [3.63, 3.8) is 0 Å². The number of carbonyl (C=O) groups is 2. The van der Waals surface area contributed by atoms with Crippen LogP contribution in [0.25, 0.3) is 0 Å². The van der Waals surface area contributed by atoms with E-state index in [1.54, 1.807) is 26.1 Å². The number of amides is 1. The molecule has 1 unspecified atom stereocenters. The maximum Gasteiger partial charge on any atom is 0.310 e. The predicted octanol–water partition coefficient (Wildman–Crippen LogP) is 2.19. The smallest absolute Gasteiger partial charge is 0.310 e. The highest BCUT2D eigenvalue weighted by molar-refractivity contribution is 8.00. The Hall–Kier alpha value is -1.56. The second-order valence-electron chi connectivity index (χ2n) is 4.44. The van der Waals surface area contributed by atoms with E-state index >= 15 is 0 Å². The Balaban J connectivity index is 2.42. The number of hydrogen-bond acceptors (Lipinski definition) is 4. The lowest BCUT2D eigenvalue weighted by Crippen LogP contribution is -2.35. The number of benzene rings is 1. The molecular weight excluding hydrogens is 281 g/mol. The molecule has 0 aromatic heterocycles. The highest BCUT2D eigenvalue weighted by atomic mass is 32.2. The van der Waals surface area contributed by atoms with Gasteiger partial charge in [0.1, 0.15) is 5.82 Å².